The average Bonchev–Trinajstić information content (AvgIpc) is 3.10. The maximum atomic E-state index is 14.1. The van der Waals surface area contributed by atoms with Crippen LogP contribution in [0, 0.1) is 5.82 Å². The monoisotopic (exact) mass is 465 g/mol. The van der Waals surface area contributed by atoms with Crippen LogP contribution in [-0.2, 0) is 19.6 Å². The fourth-order valence-electron chi connectivity index (χ4n) is 3.24. The summed E-state index contributed by atoms with van der Waals surface area (Å²) in [5.41, 5.74) is -0.354. The zero-order valence-corrected chi connectivity index (χ0v) is 17.4. The number of imidazole rings is 1. The molecule has 0 atom stereocenters. The molecule has 0 unspecified atom stereocenters. The Kier molecular flexibility index (Phi) is 5.64. The first-order valence-corrected chi connectivity index (χ1v) is 9.82. The van der Waals surface area contributed by atoms with Crippen LogP contribution in [0.5, 0.6) is 0 Å². The Morgan fingerprint density at radius 2 is 1.84 bits per heavy atom. The van der Waals surface area contributed by atoms with Crippen molar-refractivity contribution in [3.8, 4) is 5.69 Å². The smallest absolute Gasteiger partial charge is 0.355 e. The van der Waals surface area contributed by atoms with Gasteiger partial charge in [0, 0.05) is 18.6 Å². The molecule has 11 heteroatoms. The van der Waals surface area contributed by atoms with Crippen LogP contribution in [0.1, 0.15) is 11.1 Å². The number of aromatic nitrogens is 4. The predicted molar refractivity (Wildman–Crippen MR) is 113 cm³/mol. The van der Waals surface area contributed by atoms with Crippen LogP contribution in [0.2, 0.25) is 5.02 Å². The molecule has 4 rings (SSSR count). The van der Waals surface area contributed by atoms with Gasteiger partial charge >= 0.3 is 6.18 Å². The highest BCUT2D eigenvalue weighted by molar-refractivity contribution is 6.30. The van der Waals surface area contributed by atoms with Gasteiger partial charge in [-0.25, -0.2) is 13.9 Å². The third kappa shape index (κ3) is 4.18. The molecular weight excluding hydrogens is 450 g/mol. The van der Waals surface area contributed by atoms with E-state index in [0.29, 0.717) is 22.4 Å². The number of aryl methyl sites for hydroxylation is 1. The van der Waals surface area contributed by atoms with Gasteiger partial charge in [-0.1, -0.05) is 17.7 Å². The molecule has 32 heavy (non-hydrogen) atoms. The van der Waals surface area contributed by atoms with Crippen molar-refractivity contribution in [1.82, 2.24) is 19.1 Å². The van der Waals surface area contributed by atoms with Gasteiger partial charge in [0.15, 0.2) is 11.2 Å². The van der Waals surface area contributed by atoms with Crippen LogP contribution in [0.3, 0.4) is 0 Å². The molecule has 4 aromatic rings. The van der Waals surface area contributed by atoms with Crippen molar-refractivity contribution in [2.24, 2.45) is 7.05 Å². The second-order valence-electron chi connectivity index (χ2n) is 7.06. The zero-order chi connectivity index (χ0) is 23.0. The van der Waals surface area contributed by atoms with Gasteiger partial charge in [-0.2, -0.15) is 18.2 Å². The fourth-order valence-corrected chi connectivity index (χ4v) is 3.37. The maximum absolute atomic E-state index is 14.1. The van der Waals surface area contributed by atoms with E-state index in [9.17, 15) is 22.4 Å². The van der Waals surface area contributed by atoms with Crippen molar-refractivity contribution >= 4 is 28.7 Å². The van der Waals surface area contributed by atoms with Crippen LogP contribution in [0.25, 0.3) is 16.9 Å². The standard InChI is InChI=1S/C21H16ClF4N5O/c1-30-11-28-17-18(30)29-20(31(19(17)32)15-6-4-14(22)5-7-15)27-9-8-12-2-3-13(10-16(12)23)21(24,25)26/h2-7,10-11H,8-9H2,1H3,(H,27,29). The number of alkyl halides is 3. The highest BCUT2D eigenvalue weighted by Gasteiger charge is 2.31. The number of hydrogen-bond donors (Lipinski definition) is 1. The van der Waals surface area contributed by atoms with Crippen LogP contribution < -0.4 is 10.9 Å². The number of nitrogens with zero attached hydrogens (tertiary/aromatic N) is 4. The number of fused-ring (bicyclic) bond motifs is 1. The summed E-state index contributed by atoms with van der Waals surface area (Å²) in [5, 5.41) is 3.47. The van der Waals surface area contributed by atoms with Crippen molar-refractivity contribution in [1.29, 1.82) is 0 Å². The molecule has 0 amide bonds. The minimum atomic E-state index is -4.62. The number of benzene rings is 2. The van der Waals surface area contributed by atoms with Crippen molar-refractivity contribution in [2.75, 3.05) is 11.9 Å². The molecule has 2 aromatic carbocycles. The van der Waals surface area contributed by atoms with Crippen molar-refractivity contribution in [2.45, 2.75) is 12.6 Å². The van der Waals surface area contributed by atoms with Crippen LogP contribution in [-0.4, -0.2) is 25.6 Å². The molecule has 0 bridgehead atoms. The Bertz CT molecular complexity index is 1350. The van der Waals surface area contributed by atoms with Gasteiger partial charge in [0.05, 0.1) is 17.6 Å². The first kappa shape index (κ1) is 21.8. The largest absolute Gasteiger partial charge is 0.416 e. The third-order valence-electron chi connectivity index (χ3n) is 4.88. The predicted octanol–water partition coefficient (Wildman–Crippen LogP) is 4.59. The van der Waals surface area contributed by atoms with E-state index < -0.39 is 23.1 Å². The van der Waals surface area contributed by atoms with E-state index in [4.69, 9.17) is 11.6 Å². The Balaban J connectivity index is 1.65. The third-order valence-corrected chi connectivity index (χ3v) is 5.13. The quantitative estimate of drug-likeness (QED) is 0.438. The molecule has 6 nitrogen and oxygen atoms in total. The van der Waals surface area contributed by atoms with Crippen molar-refractivity contribution in [3.05, 3.63) is 81.1 Å². The Morgan fingerprint density at radius 3 is 2.50 bits per heavy atom. The van der Waals surface area contributed by atoms with E-state index in [2.05, 4.69) is 15.3 Å². The van der Waals surface area contributed by atoms with Crippen LogP contribution in [0.15, 0.2) is 53.6 Å². The Labute approximate surface area is 184 Å². The molecule has 0 fully saturated rings. The highest BCUT2D eigenvalue weighted by Crippen LogP contribution is 2.30. The second kappa shape index (κ2) is 8.27. The number of hydrogen-bond acceptors (Lipinski definition) is 4. The van der Waals surface area contributed by atoms with Crippen molar-refractivity contribution in [3.63, 3.8) is 0 Å². The fraction of sp³-hybridized carbons (Fsp3) is 0.190. The molecule has 166 valence electrons. The molecular formula is C21H16ClF4N5O. The summed E-state index contributed by atoms with van der Waals surface area (Å²) in [6.45, 7) is 0.117. The van der Waals surface area contributed by atoms with Crippen molar-refractivity contribution < 1.29 is 17.6 Å². The molecule has 0 radical (unpaired) electrons. The lowest BCUT2D eigenvalue weighted by Gasteiger charge is -2.14. The summed E-state index contributed by atoms with van der Waals surface area (Å²) in [6.07, 6.45) is -3.08. The molecule has 0 aliphatic rings. The summed E-state index contributed by atoms with van der Waals surface area (Å²) >= 11 is 5.94. The van der Waals surface area contributed by atoms with Gasteiger partial charge in [-0.05, 0) is 48.4 Å². The van der Waals surface area contributed by atoms with Crippen LogP contribution in [0.4, 0.5) is 23.5 Å². The zero-order valence-electron chi connectivity index (χ0n) is 16.6. The first-order valence-electron chi connectivity index (χ1n) is 9.44. The molecule has 0 spiro atoms. The molecule has 0 aliphatic carbocycles. The van der Waals surface area contributed by atoms with Gasteiger partial charge in [0.1, 0.15) is 5.82 Å². The Hall–Kier alpha value is -3.40. The minimum Gasteiger partial charge on any atom is -0.355 e. The molecule has 0 saturated carbocycles. The summed E-state index contributed by atoms with van der Waals surface area (Å²) in [5.74, 6) is -0.771. The molecule has 2 heterocycles. The highest BCUT2D eigenvalue weighted by atomic mass is 35.5. The minimum absolute atomic E-state index is 0.0733. The van der Waals surface area contributed by atoms with E-state index >= 15 is 0 Å². The van der Waals surface area contributed by atoms with Gasteiger partial charge in [-0.15, -0.1) is 0 Å². The number of nitrogens with one attached hydrogen (secondary N) is 1. The maximum Gasteiger partial charge on any atom is 0.416 e. The molecule has 1 N–H and O–H groups in total. The van der Waals surface area contributed by atoms with E-state index in [1.165, 1.54) is 10.9 Å². The van der Waals surface area contributed by atoms with Gasteiger partial charge in [-0.3, -0.25) is 4.79 Å². The summed E-state index contributed by atoms with van der Waals surface area (Å²) in [4.78, 5) is 21.6. The summed E-state index contributed by atoms with van der Waals surface area (Å²) in [7, 11) is 1.69. The van der Waals surface area contributed by atoms with E-state index in [-0.39, 0.29) is 30.0 Å². The summed E-state index contributed by atoms with van der Waals surface area (Å²) < 4.78 is 55.3. The van der Waals surface area contributed by atoms with Gasteiger partial charge < -0.3 is 9.88 Å². The number of rotatable bonds is 5. The number of halogens is 5. The second-order valence-corrected chi connectivity index (χ2v) is 7.50. The Morgan fingerprint density at radius 1 is 1.12 bits per heavy atom. The molecule has 2 aromatic heterocycles. The lowest BCUT2D eigenvalue weighted by atomic mass is 10.1. The van der Waals surface area contributed by atoms with Gasteiger partial charge in [0.2, 0.25) is 5.95 Å². The lowest BCUT2D eigenvalue weighted by Crippen LogP contribution is -2.25. The van der Waals surface area contributed by atoms with E-state index in [1.54, 1.807) is 35.9 Å². The van der Waals surface area contributed by atoms with Gasteiger partial charge in [0.25, 0.3) is 5.56 Å². The summed E-state index contributed by atoms with van der Waals surface area (Å²) in [6, 6.07) is 8.92. The van der Waals surface area contributed by atoms with E-state index in [0.717, 1.165) is 12.1 Å². The van der Waals surface area contributed by atoms with E-state index in [1.807, 2.05) is 0 Å². The lowest BCUT2D eigenvalue weighted by molar-refractivity contribution is -0.137. The van der Waals surface area contributed by atoms with Crippen LogP contribution >= 0.6 is 11.6 Å². The normalized spacial score (nSPS) is 11.8. The first-order chi connectivity index (χ1) is 15.1. The number of anilines is 1. The molecule has 0 saturated heterocycles. The molecule has 0 aliphatic heterocycles. The topological polar surface area (TPSA) is 64.7 Å². The average molecular weight is 466 g/mol. The SMILES string of the molecule is Cn1cnc2c(=O)n(-c3ccc(Cl)cc3)c(NCCc3ccc(C(F)(F)F)cc3F)nc21.